The molecule has 0 saturated heterocycles. The molecule has 1 unspecified atom stereocenters. The molecule has 7 aromatic rings. The first-order valence-corrected chi connectivity index (χ1v) is 18.5. The molecule has 272 valence electrons. The third-order valence-corrected chi connectivity index (χ3v) is 10.4. The zero-order chi connectivity index (χ0) is 38.3. The summed E-state index contributed by atoms with van der Waals surface area (Å²) in [5.74, 6) is -1.32. The van der Waals surface area contributed by atoms with Gasteiger partial charge in [0, 0.05) is 23.2 Å². The summed E-state index contributed by atoms with van der Waals surface area (Å²) in [5, 5.41) is 9.87. The van der Waals surface area contributed by atoms with Crippen molar-refractivity contribution in [1.82, 2.24) is 14.7 Å². The van der Waals surface area contributed by atoms with Crippen LogP contribution in [0.25, 0.3) is 22.5 Å². The highest BCUT2D eigenvalue weighted by atomic mass is 32.2. The molecule has 0 bridgehead atoms. The lowest BCUT2D eigenvalue weighted by Gasteiger charge is -2.17. The predicted molar refractivity (Wildman–Crippen MR) is 220 cm³/mol. The van der Waals surface area contributed by atoms with E-state index >= 15 is 0 Å². The summed E-state index contributed by atoms with van der Waals surface area (Å²) in [5.41, 5.74) is 3.58. The van der Waals surface area contributed by atoms with Gasteiger partial charge in [0.05, 0.1) is 11.4 Å². The number of hydrogen-bond acceptors (Lipinski definition) is 5. The number of benzene rings is 6. The number of anilines is 2. The van der Waals surface area contributed by atoms with Crippen LogP contribution in [0, 0.1) is 6.92 Å². The number of rotatable bonds is 11. The van der Waals surface area contributed by atoms with Gasteiger partial charge in [0.25, 0.3) is 17.4 Å². The molecule has 3 N–H and O–H groups in total. The fourth-order valence-electron chi connectivity index (χ4n) is 6.26. The number of nitrogens with zero attached hydrogens (tertiary/aromatic N) is 2. The standard InChI is InChI=1S/C45H37N5O4S/c1-30-40(45(54)50(49(30)2)36-24-10-5-11-25-36)48-44(53)41(32-17-6-3-7-18-32)55-37-26-15-23-35(29-37)46-43(52)39(47-42(51)33-19-8-4-9-20-33)28-34-22-14-21-31-16-12-13-27-38(31)34/h3-29,41H,1-2H3,(H,46,52)(H,47,51)(H,48,53)/b39-28+. The van der Waals surface area contributed by atoms with Crippen molar-refractivity contribution < 1.29 is 14.4 Å². The van der Waals surface area contributed by atoms with Crippen LogP contribution in [0.15, 0.2) is 173 Å². The van der Waals surface area contributed by atoms with E-state index in [0.717, 1.165) is 21.9 Å². The fraction of sp³-hybridized carbons (Fsp3) is 0.0667. The molecule has 0 aliphatic carbocycles. The van der Waals surface area contributed by atoms with Crippen molar-refractivity contribution in [2.75, 3.05) is 10.6 Å². The molecule has 55 heavy (non-hydrogen) atoms. The van der Waals surface area contributed by atoms with Crippen LogP contribution in [0.3, 0.4) is 0 Å². The molecular formula is C45H37N5O4S. The maximum atomic E-state index is 14.1. The first-order valence-electron chi connectivity index (χ1n) is 17.6. The van der Waals surface area contributed by atoms with Crippen LogP contribution in [0.5, 0.6) is 0 Å². The van der Waals surface area contributed by atoms with Crippen LogP contribution >= 0.6 is 11.8 Å². The van der Waals surface area contributed by atoms with Crippen LogP contribution in [-0.4, -0.2) is 27.1 Å². The lowest BCUT2D eigenvalue weighted by Crippen LogP contribution is -2.30. The quantitative estimate of drug-likeness (QED) is 0.0909. The Labute approximate surface area is 322 Å². The molecular weight excluding hydrogens is 707 g/mol. The molecule has 3 amide bonds. The summed E-state index contributed by atoms with van der Waals surface area (Å²) in [6.07, 6.45) is 1.67. The van der Waals surface area contributed by atoms with Gasteiger partial charge < -0.3 is 16.0 Å². The molecule has 0 saturated carbocycles. The van der Waals surface area contributed by atoms with Crippen molar-refractivity contribution in [3.05, 3.63) is 196 Å². The Kier molecular flexibility index (Phi) is 10.9. The van der Waals surface area contributed by atoms with Gasteiger partial charge in [-0.1, -0.05) is 115 Å². The number of carbonyl (C=O) groups is 3. The van der Waals surface area contributed by atoms with E-state index in [-0.39, 0.29) is 22.9 Å². The lowest BCUT2D eigenvalue weighted by molar-refractivity contribution is -0.116. The van der Waals surface area contributed by atoms with Crippen molar-refractivity contribution in [1.29, 1.82) is 0 Å². The number of carbonyl (C=O) groups excluding carboxylic acids is 3. The Hall–Kier alpha value is -6.91. The average molecular weight is 744 g/mol. The number of amides is 3. The van der Waals surface area contributed by atoms with Gasteiger partial charge in [-0.25, -0.2) is 4.68 Å². The highest BCUT2D eigenvalue weighted by Gasteiger charge is 2.26. The predicted octanol–water partition coefficient (Wildman–Crippen LogP) is 8.52. The van der Waals surface area contributed by atoms with E-state index in [1.807, 2.05) is 115 Å². The zero-order valence-electron chi connectivity index (χ0n) is 30.1. The van der Waals surface area contributed by atoms with E-state index in [2.05, 4.69) is 16.0 Å². The summed E-state index contributed by atoms with van der Waals surface area (Å²) in [4.78, 5) is 55.7. The highest BCUT2D eigenvalue weighted by Crippen LogP contribution is 2.37. The first kappa shape index (κ1) is 36.4. The van der Waals surface area contributed by atoms with E-state index in [1.165, 1.54) is 16.4 Å². The summed E-state index contributed by atoms with van der Waals surface area (Å²) in [6, 6.07) is 48.0. The van der Waals surface area contributed by atoms with Crippen molar-refractivity contribution in [2.45, 2.75) is 17.1 Å². The maximum absolute atomic E-state index is 14.1. The largest absolute Gasteiger partial charge is 0.321 e. The molecule has 0 radical (unpaired) electrons. The molecule has 0 spiro atoms. The Bertz CT molecular complexity index is 2590. The maximum Gasteiger partial charge on any atom is 0.295 e. The van der Waals surface area contributed by atoms with Crippen LogP contribution in [0.1, 0.15) is 32.4 Å². The second-order valence-electron chi connectivity index (χ2n) is 12.8. The molecule has 1 aromatic heterocycles. The van der Waals surface area contributed by atoms with Gasteiger partial charge in [0.1, 0.15) is 16.6 Å². The van der Waals surface area contributed by atoms with Crippen LogP contribution in [0.2, 0.25) is 0 Å². The third kappa shape index (κ3) is 8.19. The Morgan fingerprint density at radius 1 is 0.709 bits per heavy atom. The second kappa shape index (κ2) is 16.4. The van der Waals surface area contributed by atoms with Gasteiger partial charge in [-0.15, -0.1) is 11.8 Å². The summed E-state index contributed by atoms with van der Waals surface area (Å²) >= 11 is 1.29. The number of para-hydroxylation sites is 1. The summed E-state index contributed by atoms with van der Waals surface area (Å²) < 4.78 is 3.24. The first-order chi connectivity index (χ1) is 26.8. The number of nitrogens with one attached hydrogen (secondary N) is 3. The molecule has 6 aromatic carbocycles. The summed E-state index contributed by atoms with van der Waals surface area (Å²) in [6.45, 7) is 1.79. The Morgan fingerprint density at radius 2 is 1.35 bits per heavy atom. The average Bonchev–Trinajstić information content (AvgIpc) is 3.43. The van der Waals surface area contributed by atoms with Gasteiger partial charge in [0.2, 0.25) is 5.91 Å². The molecule has 7 rings (SSSR count). The minimum Gasteiger partial charge on any atom is -0.321 e. The van der Waals surface area contributed by atoms with Crippen LogP contribution in [0.4, 0.5) is 11.4 Å². The zero-order valence-corrected chi connectivity index (χ0v) is 30.9. The minimum atomic E-state index is -0.747. The topological polar surface area (TPSA) is 114 Å². The van der Waals surface area contributed by atoms with Crippen molar-refractivity contribution in [2.24, 2.45) is 7.05 Å². The van der Waals surface area contributed by atoms with E-state index in [9.17, 15) is 19.2 Å². The molecule has 0 aliphatic heterocycles. The third-order valence-electron chi connectivity index (χ3n) is 9.14. The Morgan fingerprint density at radius 3 is 2.09 bits per heavy atom. The summed E-state index contributed by atoms with van der Waals surface area (Å²) in [7, 11) is 1.78. The van der Waals surface area contributed by atoms with Crippen molar-refractivity contribution >= 4 is 57.7 Å². The van der Waals surface area contributed by atoms with Gasteiger partial charge in [0.15, 0.2) is 0 Å². The van der Waals surface area contributed by atoms with E-state index in [4.69, 9.17) is 0 Å². The molecule has 1 atom stereocenters. The van der Waals surface area contributed by atoms with Crippen LogP contribution in [-0.2, 0) is 16.6 Å². The minimum absolute atomic E-state index is 0.0594. The van der Waals surface area contributed by atoms with E-state index in [1.54, 1.807) is 67.2 Å². The number of hydrogen-bond donors (Lipinski definition) is 3. The highest BCUT2D eigenvalue weighted by molar-refractivity contribution is 8.00. The van der Waals surface area contributed by atoms with Crippen molar-refractivity contribution in [3.8, 4) is 5.69 Å². The van der Waals surface area contributed by atoms with Crippen molar-refractivity contribution in [3.63, 3.8) is 0 Å². The van der Waals surface area contributed by atoms with Gasteiger partial charge in [-0.05, 0) is 77.4 Å². The molecule has 1 heterocycles. The smallest absolute Gasteiger partial charge is 0.295 e. The monoisotopic (exact) mass is 743 g/mol. The molecule has 0 fully saturated rings. The Balaban J connectivity index is 1.16. The van der Waals surface area contributed by atoms with Gasteiger partial charge in [-0.3, -0.25) is 23.9 Å². The SMILES string of the molecule is Cc1c(NC(=O)C(Sc2cccc(NC(=O)/C(=C\c3cccc4ccccc34)NC(=O)c3ccccc3)c2)c2ccccc2)c(=O)n(-c2ccccc2)n1C. The van der Waals surface area contributed by atoms with Gasteiger partial charge >= 0.3 is 0 Å². The molecule has 9 nitrogen and oxygen atoms in total. The molecule has 0 aliphatic rings. The fourth-order valence-corrected chi connectivity index (χ4v) is 7.34. The van der Waals surface area contributed by atoms with E-state index < -0.39 is 17.1 Å². The molecule has 10 heteroatoms. The number of aromatic nitrogens is 2. The second-order valence-corrected chi connectivity index (χ2v) is 13.9. The van der Waals surface area contributed by atoms with Gasteiger partial charge in [-0.2, -0.15) is 0 Å². The normalized spacial score (nSPS) is 11.9. The lowest BCUT2D eigenvalue weighted by atomic mass is 10.0. The number of fused-ring (bicyclic) bond motifs is 1. The van der Waals surface area contributed by atoms with Crippen LogP contribution < -0.4 is 21.5 Å². The van der Waals surface area contributed by atoms with E-state index in [0.29, 0.717) is 27.5 Å². The number of thioether (sulfide) groups is 1.